The van der Waals surface area contributed by atoms with E-state index in [0.29, 0.717) is 50.4 Å². The van der Waals surface area contributed by atoms with Crippen LogP contribution in [0.3, 0.4) is 0 Å². The van der Waals surface area contributed by atoms with Gasteiger partial charge in [0.15, 0.2) is 0 Å². The lowest BCUT2D eigenvalue weighted by Crippen LogP contribution is -2.49. The molecular formula is C50H53IN8O5. The van der Waals surface area contributed by atoms with E-state index >= 15 is 0 Å². The van der Waals surface area contributed by atoms with Crippen LogP contribution >= 0.6 is 22.6 Å². The highest BCUT2D eigenvalue weighted by Gasteiger charge is 2.41. The van der Waals surface area contributed by atoms with E-state index in [0.717, 1.165) is 74.3 Å². The first kappa shape index (κ1) is 43.4. The molecule has 2 aromatic heterocycles. The Hall–Kier alpha value is -5.84. The molecule has 0 bridgehead atoms. The number of imidazole rings is 2. The van der Waals surface area contributed by atoms with Gasteiger partial charge in [0.1, 0.15) is 23.7 Å². The van der Waals surface area contributed by atoms with Crippen molar-refractivity contribution in [3.8, 4) is 33.6 Å². The molecule has 3 saturated heterocycles. The van der Waals surface area contributed by atoms with E-state index < -0.39 is 23.8 Å². The quantitative estimate of drug-likeness (QED) is 0.0939. The third kappa shape index (κ3) is 9.08. The lowest BCUT2D eigenvalue weighted by atomic mass is 9.91. The number of likely N-dealkylation sites (tertiary alicyclic amines) is 3. The number of piperidine rings is 1. The monoisotopic (exact) mass is 972 g/mol. The average molecular weight is 973 g/mol. The molecule has 0 aliphatic carbocycles. The lowest BCUT2D eigenvalue weighted by Gasteiger charge is -2.41. The third-order valence-electron chi connectivity index (χ3n) is 13.1. The minimum Gasteiger partial charge on any atom is -0.453 e. The minimum atomic E-state index is -0.889. The molecule has 330 valence electrons. The van der Waals surface area contributed by atoms with Gasteiger partial charge in [0.2, 0.25) is 5.91 Å². The maximum Gasteiger partial charge on any atom is 0.407 e. The molecule has 0 unspecified atom stereocenters. The van der Waals surface area contributed by atoms with Crippen molar-refractivity contribution in [1.29, 1.82) is 0 Å². The maximum absolute atomic E-state index is 14.5. The number of H-pyrrole nitrogens is 2. The molecule has 9 rings (SSSR count). The second kappa shape index (κ2) is 18.7. The Morgan fingerprint density at radius 1 is 0.719 bits per heavy atom. The van der Waals surface area contributed by atoms with Gasteiger partial charge in [-0.3, -0.25) is 14.5 Å². The molecule has 3 fully saturated rings. The molecule has 3 aliphatic heterocycles. The highest BCUT2D eigenvalue weighted by Crippen LogP contribution is 2.38. The summed E-state index contributed by atoms with van der Waals surface area (Å²) in [5, 5.41) is 13.4. The summed E-state index contributed by atoms with van der Waals surface area (Å²) in [6.07, 6.45) is 7.60. The number of aromatic amines is 2. The largest absolute Gasteiger partial charge is 0.453 e. The summed E-state index contributed by atoms with van der Waals surface area (Å²) in [6, 6.07) is 32.6. The van der Waals surface area contributed by atoms with E-state index in [1.165, 1.54) is 7.11 Å². The zero-order valence-electron chi connectivity index (χ0n) is 36.0. The second-order valence-electron chi connectivity index (χ2n) is 17.3. The summed E-state index contributed by atoms with van der Waals surface area (Å²) in [6.45, 7) is 4.44. The standard InChI is InChI=1S/C50H53IN8O5/c1-50(63)24-28-57(29-25-50)44(36-10-4-3-5-11-36)48(61)59-27-9-15-42(59)46-53-31-40(55-46)35-22-18-33(19-23-35)32-16-20-34(21-17-32)39-30-52-45(54-39)41-14-8-26-58(41)47(60)43(56-49(62)64-2)37-12-6-7-13-38(37)51/h3-7,10-13,16-23,30-31,41-44,63H,8-9,14-15,24-29H2,1-2H3,(H,52,54)(H,53,55)(H,56,62)/t41-,42-,43+,44+/m0/s1. The summed E-state index contributed by atoms with van der Waals surface area (Å²) in [7, 11) is 1.29. The molecule has 0 radical (unpaired) electrons. The van der Waals surface area contributed by atoms with Crippen LogP contribution in [0.4, 0.5) is 4.79 Å². The molecule has 0 spiro atoms. The predicted octanol–water partition coefficient (Wildman–Crippen LogP) is 8.75. The summed E-state index contributed by atoms with van der Waals surface area (Å²) < 4.78 is 5.75. The number of nitrogens with one attached hydrogen (secondary N) is 3. The molecule has 5 heterocycles. The number of hydrogen-bond donors (Lipinski definition) is 4. The Morgan fingerprint density at radius 2 is 1.22 bits per heavy atom. The smallest absolute Gasteiger partial charge is 0.407 e. The second-order valence-corrected chi connectivity index (χ2v) is 18.5. The van der Waals surface area contributed by atoms with Crippen LogP contribution in [0.2, 0.25) is 0 Å². The first-order chi connectivity index (χ1) is 31.1. The lowest BCUT2D eigenvalue weighted by molar-refractivity contribution is -0.140. The van der Waals surface area contributed by atoms with Gasteiger partial charge < -0.3 is 34.9 Å². The zero-order chi connectivity index (χ0) is 44.4. The van der Waals surface area contributed by atoms with Gasteiger partial charge in [-0.05, 0) is 107 Å². The average Bonchev–Trinajstić information content (AvgIpc) is 4.17. The van der Waals surface area contributed by atoms with E-state index in [1.807, 2.05) is 78.8 Å². The number of alkyl carbamates (subject to hydrolysis) is 1. The van der Waals surface area contributed by atoms with E-state index in [9.17, 15) is 19.5 Å². The number of amides is 3. The number of ether oxygens (including phenoxy) is 1. The van der Waals surface area contributed by atoms with Crippen molar-refractivity contribution >= 4 is 40.5 Å². The molecule has 13 nitrogen and oxygen atoms in total. The van der Waals surface area contributed by atoms with Gasteiger partial charge in [-0.2, -0.15) is 0 Å². The van der Waals surface area contributed by atoms with Crippen LogP contribution in [0.25, 0.3) is 33.6 Å². The van der Waals surface area contributed by atoms with Gasteiger partial charge in [-0.25, -0.2) is 14.8 Å². The van der Waals surface area contributed by atoms with Crippen molar-refractivity contribution in [2.24, 2.45) is 0 Å². The van der Waals surface area contributed by atoms with Crippen LogP contribution in [0, 0.1) is 3.57 Å². The Kier molecular flexibility index (Phi) is 12.7. The molecule has 4 atom stereocenters. The van der Waals surface area contributed by atoms with Gasteiger partial charge in [0.05, 0.1) is 48.6 Å². The summed E-state index contributed by atoms with van der Waals surface area (Å²) in [5.74, 6) is 1.38. The fraction of sp³-hybridized carbons (Fsp3) is 0.340. The number of aliphatic hydroxyl groups is 1. The van der Waals surface area contributed by atoms with Crippen molar-refractivity contribution in [2.75, 3.05) is 33.3 Å². The fourth-order valence-electron chi connectivity index (χ4n) is 9.51. The molecular weight excluding hydrogens is 920 g/mol. The van der Waals surface area contributed by atoms with E-state index in [-0.39, 0.29) is 23.9 Å². The number of benzene rings is 4. The number of halogens is 1. The van der Waals surface area contributed by atoms with E-state index in [4.69, 9.17) is 14.7 Å². The maximum atomic E-state index is 14.5. The first-order valence-corrected chi connectivity index (χ1v) is 23.2. The van der Waals surface area contributed by atoms with Crippen LogP contribution in [0.1, 0.15) is 92.4 Å². The van der Waals surface area contributed by atoms with Gasteiger partial charge in [-0.15, -0.1) is 0 Å². The topological polar surface area (TPSA) is 160 Å². The Morgan fingerprint density at radius 3 is 1.75 bits per heavy atom. The number of carbonyl (C=O) groups excluding carboxylic acids is 3. The normalized spacial score (nSPS) is 19.6. The number of aromatic nitrogens is 4. The molecule has 3 aliphatic rings. The molecule has 14 heteroatoms. The van der Waals surface area contributed by atoms with E-state index in [2.05, 4.69) is 91.3 Å². The van der Waals surface area contributed by atoms with Crippen molar-refractivity contribution in [2.45, 2.75) is 75.2 Å². The van der Waals surface area contributed by atoms with Gasteiger partial charge >= 0.3 is 6.09 Å². The predicted molar refractivity (Wildman–Crippen MR) is 252 cm³/mol. The number of hydrogen-bond acceptors (Lipinski definition) is 8. The van der Waals surface area contributed by atoms with Gasteiger partial charge in [-0.1, -0.05) is 97.1 Å². The van der Waals surface area contributed by atoms with Crippen molar-refractivity contribution in [3.05, 3.63) is 142 Å². The third-order valence-corrected chi connectivity index (χ3v) is 14.1. The van der Waals surface area contributed by atoms with Crippen LogP contribution in [0.15, 0.2) is 116 Å². The highest BCUT2D eigenvalue weighted by molar-refractivity contribution is 14.1. The number of rotatable bonds is 11. The van der Waals surface area contributed by atoms with E-state index in [1.54, 1.807) is 4.90 Å². The summed E-state index contributed by atoms with van der Waals surface area (Å²) in [4.78, 5) is 63.6. The first-order valence-electron chi connectivity index (χ1n) is 22.1. The number of carbonyl (C=O) groups is 3. The Labute approximate surface area is 386 Å². The number of nitrogens with zero attached hydrogens (tertiary/aromatic N) is 5. The minimum absolute atomic E-state index is 0.0855. The van der Waals surface area contributed by atoms with Crippen LogP contribution in [-0.2, 0) is 14.3 Å². The van der Waals surface area contributed by atoms with Crippen molar-refractivity contribution in [3.63, 3.8) is 0 Å². The van der Waals surface area contributed by atoms with Crippen molar-refractivity contribution in [1.82, 2.24) is 40.0 Å². The molecule has 6 aromatic rings. The molecule has 3 amide bonds. The fourth-order valence-corrected chi connectivity index (χ4v) is 10.2. The Bertz CT molecular complexity index is 2580. The molecule has 0 saturated carbocycles. The Balaban J connectivity index is 0.861. The number of methoxy groups -OCH3 is 1. The zero-order valence-corrected chi connectivity index (χ0v) is 38.2. The van der Waals surface area contributed by atoms with Crippen LogP contribution in [-0.4, -0.2) is 96.5 Å². The van der Waals surface area contributed by atoms with Gasteiger partial charge in [0, 0.05) is 29.7 Å². The summed E-state index contributed by atoms with van der Waals surface area (Å²) in [5.41, 5.74) is 6.86. The molecule has 64 heavy (non-hydrogen) atoms. The van der Waals surface area contributed by atoms with Crippen molar-refractivity contribution < 1.29 is 24.2 Å². The molecule has 4 aromatic carbocycles. The van der Waals surface area contributed by atoms with Crippen LogP contribution < -0.4 is 5.32 Å². The van der Waals surface area contributed by atoms with Crippen LogP contribution in [0.5, 0.6) is 0 Å². The highest BCUT2D eigenvalue weighted by atomic mass is 127. The molecule has 4 N–H and O–H groups in total. The van der Waals surface area contributed by atoms with Gasteiger partial charge in [0.25, 0.3) is 5.91 Å². The summed E-state index contributed by atoms with van der Waals surface area (Å²) >= 11 is 2.18. The SMILES string of the molecule is COC(=O)N[C@@H](C(=O)N1CCC[C@H]1c1ncc(-c2ccc(-c3ccc(-c4cnc([C@@H]5CCCN5C(=O)[C@@H](c5ccccc5)N5CCC(C)(O)CC5)[nH]4)cc3)cc2)[nH]1)c1ccccc1I.